The summed E-state index contributed by atoms with van der Waals surface area (Å²) in [6.07, 6.45) is 1.90. The molecule has 1 N–H and O–H groups in total. The summed E-state index contributed by atoms with van der Waals surface area (Å²) in [6.45, 7) is 4.23. The van der Waals surface area contributed by atoms with Gasteiger partial charge >= 0.3 is 0 Å². The number of hydrogen-bond acceptors (Lipinski definition) is 5. The molecule has 0 bridgehead atoms. The minimum atomic E-state index is -4.21. The lowest BCUT2D eigenvalue weighted by atomic mass is 10.0. The zero-order valence-corrected chi connectivity index (χ0v) is 27.7. The van der Waals surface area contributed by atoms with Crippen LogP contribution in [-0.2, 0) is 32.6 Å². The highest BCUT2D eigenvalue weighted by Gasteiger charge is 2.34. The highest BCUT2D eigenvalue weighted by Crippen LogP contribution is 2.27. The first kappa shape index (κ1) is 34.5. The summed E-state index contributed by atoms with van der Waals surface area (Å²) in [4.78, 5) is 29.8. The standard InChI is InChI=1S/C36H40ClN3O5S/c1-3-5-24-38-36(42)34(25-28-14-8-6-9-15-28)39(26-29-16-12-13-19-33(29)37)35(41)27-40(30-17-10-7-11-18-30)46(43,44)32-22-20-31(21-23-32)45-4-2/h6-23,34H,3-5,24-27H2,1-2H3,(H,38,42)/t34-/m1/s1. The van der Waals surface area contributed by atoms with E-state index >= 15 is 0 Å². The Kier molecular flexibility index (Phi) is 12.6. The Hall–Kier alpha value is -4.34. The molecule has 0 fully saturated rings. The summed E-state index contributed by atoms with van der Waals surface area (Å²) in [5.74, 6) is -0.337. The third kappa shape index (κ3) is 9.11. The van der Waals surface area contributed by atoms with Gasteiger partial charge in [-0.3, -0.25) is 13.9 Å². The molecule has 1 atom stereocenters. The Morgan fingerprint density at radius 1 is 0.848 bits per heavy atom. The van der Waals surface area contributed by atoms with Gasteiger partial charge in [-0.2, -0.15) is 0 Å². The number of carbonyl (C=O) groups is 2. The Labute approximate surface area is 277 Å². The molecule has 0 aliphatic heterocycles. The third-order valence-electron chi connectivity index (χ3n) is 7.44. The van der Waals surface area contributed by atoms with Crippen molar-refractivity contribution in [3.05, 3.63) is 125 Å². The van der Waals surface area contributed by atoms with Crippen LogP contribution in [0, 0.1) is 0 Å². The van der Waals surface area contributed by atoms with E-state index < -0.39 is 28.5 Å². The van der Waals surface area contributed by atoms with Crippen LogP contribution in [0.2, 0.25) is 5.02 Å². The van der Waals surface area contributed by atoms with Crippen LogP contribution < -0.4 is 14.4 Å². The second-order valence-corrected chi connectivity index (χ2v) is 13.0. The van der Waals surface area contributed by atoms with E-state index in [1.54, 1.807) is 60.7 Å². The molecule has 0 aliphatic rings. The van der Waals surface area contributed by atoms with E-state index in [2.05, 4.69) is 5.32 Å². The van der Waals surface area contributed by atoms with E-state index in [9.17, 15) is 18.0 Å². The number of para-hydroxylation sites is 1. The van der Waals surface area contributed by atoms with Crippen LogP contribution in [0.4, 0.5) is 5.69 Å². The van der Waals surface area contributed by atoms with Gasteiger partial charge in [-0.25, -0.2) is 8.42 Å². The van der Waals surface area contributed by atoms with Gasteiger partial charge in [0.15, 0.2) is 0 Å². The van der Waals surface area contributed by atoms with Gasteiger partial charge in [0, 0.05) is 24.5 Å². The average molecular weight is 662 g/mol. The van der Waals surface area contributed by atoms with E-state index in [0.29, 0.717) is 35.2 Å². The number of nitrogens with one attached hydrogen (secondary N) is 1. The Morgan fingerprint density at radius 2 is 1.48 bits per heavy atom. The number of rotatable bonds is 16. The SMILES string of the molecule is CCCCNC(=O)[C@@H](Cc1ccccc1)N(Cc1ccccc1Cl)C(=O)CN(c1ccccc1)S(=O)(=O)c1ccc(OCC)cc1. The molecule has 242 valence electrons. The van der Waals surface area contributed by atoms with Crippen molar-refractivity contribution in [2.45, 2.75) is 50.6 Å². The molecule has 0 aromatic heterocycles. The molecule has 0 spiro atoms. The molecule has 0 heterocycles. The highest BCUT2D eigenvalue weighted by molar-refractivity contribution is 7.92. The smallest absolute Gasteiger partial charge is 0.264 e. The quantitative estimate of drug-likeness (QED) is 0.139. The zero-order chi connectivity index (χ0) is 32.9. The number of carbonyl (C=O) groups excluding carboxylic acids is 2. The maximum absolute atomic E-state index is 14.5. The van der Waals surface area contributed by atoms with Crippen LogP contribution >= 0.6 is 11.6 Å². The molecular formula is C36H40ClN3O5S. The molecule has 46 heavy (non-hydrogen) atoms. The number of sulfonamides is 1. The lowest BCUT2D eigenvalue weighted by Gasteiger charge is -2.34. The summed E-state index contributed by atoms with van der Waals surface area (Å²) in [5.41, 5.74) is 1.81. The summed E-state index contributed by atoms with van der Waals surface area (Å²) >= 11 is 6.55. The molecule has 10 heteroatoms. The van der Waals surface area contributed by atoms with Gasteiger partial charge in [-0.15, -0.1) is 0 Å². The molecule has 0 aliphatic carbocycles. The van der Waals surface area contributed by atoms with Gasteiger partial charge < -0.3 is 15.0 Å². The second kappa shape index (κ2) is 16.8. The first-order valence-corrected chi connectivity index (χ1v) is 17.2. The fourth-order valence-corrected chi connectivity index (χ4v) is 6.60. The minimum Gasteiger partial charge on any atom is -0.494 e. The van der Waals surface area contributed by atoms with Crippen LogP contribution in [0.15, 0.2) is 114 Å². The van der Waals surface area contributed by atoms with Gasteiger partial charge in [-0.05, 0) is 66.9 Å². The molecule has 4 rings (SSSR count). The number of halogens is 1. The van der Waals surface area contributed by atoms with Gasteiger partial charge in [0.2, 0.25) is 11.8 Å². The monoisotopic (exact) mass is 661 g/mol. The summed E-state index contributed by atoms with van der Waals surface area (Å²) < 4.78 is 34.9. The number of ether oxygens (including phenoxy) is 1. The average Bonchev–Trinajstić information content (AvgIpc) is 3.07. The van der Waals surface area contributed by atoms with Gasteiger partial charge in [0.25, 0.3) is 10.0 Å². The van der Waals surface area contributed by atoms with Crippen LogP contribution in [0.5, 0.6) is 5.75 Å². The Balaban J connectivity index is 1.77. The molecule has 8 nitrogen and oxygen atoms in total. The maximum atomic E-state index is 14.5. The van der Waals surface area contributed by atoms with Gasteiger partial charge in [-0.1, -0.05) is 91.7 Å². The van der Waals surface area contributed by atoms with E-state index in [0.717, 1.165) is 22.7 Å². The normalized spacial score (nSPS) is 11.8. The fourth-order valence-electron chi connectivity index (χ4n) is 5.00. The van der Waals surface area contributed by atoms with Crippen molar-refractivity contribution < 1.29 is 22.7 Å². The van der Waals surface area contributed by atoms with E-state index in [1.807, 2.05) is 50.2 Å². The number of hydrogen-bond donors (Lipinski definition) is 1. The largest absolute Gasteiger partial charge is 0.494 e. The summed E-state index contributed by atoms with van der Waals surface area (Å²) in [7, 11) is -4.21. The van der Waals surface area contributed by atoms with Crippen molar-refractivity contribution in [3.63, 3.8) is 0 Å². The minimum absolute atomic E-state index is 0.00291. The van der Waals surface area contributed by atoms with Crippen molar-refractivity contribution in [1.29, 1.82) is 0 Å². The van der Waals surface area contributed by atoms with Crippen LogP contribution in [0.3, 0.4) is 0 Å². The van der Waals surface area contributed by atoms with E-state index in [-0.39, 0.29) is 23.8 Å². The van der Waals surface area contributed by atoms with Crippen LogP contribution in [0.1, 0.15) is 37.8 Å². The van der Waals surface area contributed by atoms with Gasteiger partial charge in [0.1, 0.15) is 18.3 Å². The third-order valence-corrected chi connectivity index (χ3v) is 9.60. The maximum Gasteiger partial charge on any atom is 0.264 e. The first-order valence-electron chi connectivity index (χ1n) is 15.4. The number of benzene rings is 4. The first-order chi connectivity index (χ1) is 22.2. The van der Waals surface area contributed by atoms with E-state index in [1.165, 1.54) is 17.0 Å². The van der Waals surface area contributed by atoms with Crippen molar-refractivity contribution in [2.24, 2.45) is 0 Å². The van der Waals surface area contributed by atoms with Crippen molar-refractivity contribution in [2.75, 3.05) is 24.0 Å². The molecular weight excluding hydrogens is 622 g/mol. The molecule has 4 aromatic rings. The topological polar surface area (TPSA) is 96.0 Å². The number of anilines is 1. The van der Waals surface area contributed by atoms with Crippen molar-refractivity contribution >= 4 is 39.1 Å². The Morgan fingerprint density at radius 3 is 2.11 bits per heavy atom. The van der Waals surface area contributed by atoms with E-state index in [4.69, 9.17) is 16.3 Å². The number of unbranched alkanes of at least 4 members (excludes halogenated alkanes) is 1. The Bertz CT molecular complexity index is 1670. The van der Waals surface area contributed by atoms with Crippen molar-refractivity contribution in [1.82, 2.24) is 10.2 Å². The predicted octanol–water partition coefficient (Wildman–Crippen LogP) is 6.49. The van der Waals surface area contributed by atoms with Gasteiger partial charge in [0.05, 0.1) is 17.2 Å². The molecule has 0 unspecified atom stereocenters. The molecule has 2 amide bonds. The van der Waals surface area contributed by atoms with Crippen molar-refractivity contribution in [3.8, 4) is 5.75 Å². The molecule has 0 saturated carbocycles. The lowest BCUT2D eigenvalue weighted by Crippen LogP contribution is -2.53. The summed E-state index contributed by atoms with van der Waals surface area (Å²) in [5, 5.41) is 3.42. The molecule has 0 radical (unpaired) electrons. The van der Waals surface area contributed by atoms with Crippen LogP contribution in [0.25, 0.3) is 0 Å². The second-order valence-electron chi connectivity index (χ2n) is 10.7. The lowest BCUT2D eigenvalue weighted by molar-refractivity contribution is -0.140. The van der Waals surface area contributed by atoms with Crippen LogP contribution in [-0.4, -0.2) is 50.9 Å². The summed E-state index contributed by atoms with van der Waals surface area (Å²) in [6, 6.07) is 30.2. The molecule has 0 saturated heterocycles. The molecule has 4 aromatic carbocycles. The zero-order valence-electron chi connectivity index (χ0n) is 26.1. The highest BCUT2D eigenvalue weighted by atomic mass is 35.5. The fraction of sp³-hybridized carbons (Fsp3) is 0.278. The number of amides is 2. The predicted molar refractivity (Wildman–Crippen MR) is 182 cm³/mol. The number of nitrogens with zero attached hydrogens (tertiary/aromatic N) is 2.